The van der Waals surface area contributed by atoms with Gasteiger partial charge in [0, 0.05) is 19.4 Å². The molecule has 0 amide bonds. The van der Waals surface area contributed by atoms with E-state index in [1.54, 1.807) is 0 Å². The topological polar surface area (TPSA) is 26.3 Å². The van der Waals surface area contributed by atoms with Gasteiger partial charge in [0.25, 0.3) is 0 Å². The molecule has 17 heavy (non-hydrogen) atoms. The molecule has 0 fully saturated rings. The first-order valence-corrected chi connectivity index (χ1v) is 6.48. The Morgan fingerprint density at radius 2 is 2.18 bits per heavy atom. The van der Waals surface area contributed by atoms with Crippen molar-refractivity contribution in [3.63, 3.8) is 0 Å². The van der Waals surface area contributed by atoms with Crippen LogP contribution in [0.15, 0.2) is 24.3 Å². The fourth-order valence-corrected chi connectivity index (χ4v) is 2.35. The molecule has 0 saturated carbocycles. The van der Waals surface area contributed by atoms with Crippen LogP contribution in [0.25, 0.3) is 0 Å². The lowest BCUT2D eigenvalue weighted by Gasteiger charge is -2.29. The van der Waals surface area contributed by atoms with Crippen molar-refractivity contribution in [1.29, 1.82) is 0 Å². The second-order valence-corrected chi connectivity index (χ2v) is 4.71. The smallest absolute Gasteiger partial charge is 0.135 e. The predicted octanol–water partition coefficient (Wildman–Crippen LogP) is 3.10. The fraction of sp³-hybridized carbons (Fsp3) is 0.533. The highest BCUT2D eigenvalue weighted by atomic mass is 16.5. The SMILES string of the molecule is CCCOCCC(=O)CC1Cc2ccccc21. The summed E-state index contributed by atoms with van der Waals surface area (Å²) in [6.07, 6.45) is 3.34. The van der Waals surface area contributed by atoms with Gasteiger partial charge in [0.05, 0.1) is 6.61 Å². The van der Waals surface area contributed by atoms with Gasteiger partial charge in [-0.2, -0.15) is 0 Å². The summed E-state index contributed by atoms with van der Waals surface area (Å²) in [5, 5.41) is 0. The largest absolute Gasteiger partial charge is 0.381 e. The van der Waals surface area contributed by atoms with Crippen molar-refractivity contribution in [2.75, 3.05) is 13.2 Å². The molecule has 2 nitrogen and oxygen atoms in total. The Kier molecular flexibility index (Phi) is 4.32. The second-order valence-electron chi connectivity index (χ2n) is 4.71. The minimum Gasteiger partial charge on any atom is -0.381 e. The highest BCUT2D eigenvalue weighted by Crippen LogP contribution is 2.37. The number of hydrogen-bond acceptors (Lipinski definition) is 2. The highest BCUT2D eigenvalue weighted by Gasteiger charge is 2.26. The zero-order valence-electron chi connectivity index (χ0n) is 10.4. The molecule has 1 atom stereocenters. The van der Waals surface area contributed by atoms with Gasteiger partial charge >= 0.3 is 0 Å². The maximum absolute atomic E-state index is 11.7. The van der Waals surface area contributed by atoms with E-state index in [2.05, 4.69) is 31.2 Å². The van der Waals surface area contributed by atoms with Gasteiger partial charge < -0.3 is 4.74 Å². The third-order valence-corrected chi connectivity index (χ3v) is 3.31. The number of rotatable bonds is 7. The van der Waals surface area contributed by atoms with Crippen LogP contribution in [0.2, 0.25) is 0 Å². The summed E-state index contributed by atoms with van der Waals surface area (Å²) in [4.78, 5) is 11.7. The zero-order chi connectivity index (χ0) is 12.1. The molecule has 2 heteroatoms. The highest BCUT2D eigenvalue weighted by molar-refractivity contribution is 5.80. The van der Waals surface area contributed by atoms with Crippen molar-refractivity contribution in [3.05, 3.63) is 35.4 Å². The standard InChI is InChI=1S/C15H20O2/c1-2-8-17-9-7-14(16)11-13-10-12-5-3-4-6-15(12)13/h3-6,13H,2,7-11H2,1H3. The molecule has 1 aromatic carbocycles. The van der Waals surface area contributed by atoms with E-state index in [-0.39, 0.29) is 0 Å². The molecule has 0 radical (unpaired) electrons. The van der Waals surface area contributed by atoms with Gasteiger partial charge in [0.2, 0.25) is 0 Å². The molecule has 1 aromatic rings. The van der Waals surface area contributed by atoms with E-state index in [4.69, 9.17) is 4.74 Å². The summed E-state index contributed by atoms with van der Waals surface area (Å²) in [7, 11) is 0. The van der Waals surface area contributed by atoms with Gasteiger partial charge in [-0.15, -0.1) is 0 Å². The van der Waals surface area contributed by atoms with Gasteiger partial charge in [-0.1, -0.05) is 31.2 Å². The van der Waals surface area contributed by atoms with Gasteiger partial charge in [0.15, 0.2) is 0 Å². The molecule has 2 rings (SSSR count). The lowest BCUT2D eigenvalue weighted by Crippen LogP contribution is -2.20. The molecule has 0 N–H and O–H groups in total. The predicted molar refractivity (Wildman–Crippen MR) is 68.2 cm³/mol. The number of carbonyl (C=O) groups is 1. The van der Waals surface area contributed by atoms with Gasteiger partial charge in [-0.3, -0.25) is 4.79 Å². The van der Waals surface area contributed by atoms with Gasteiger partial charge in [0.1, 0.15) is 5.78 Å². The van der Waals surface area contributed by atoms with Crippen molar-refractivity contribution in [2.45, 2.75) is 38.5 Å². The number of carbonyl (C=O) groups excluding carboxylic acids is 1. The van der Waals surface area contributed by atoms with Crippen LogP contribution in [0.5, 0.6) is 0 Å². The van der Waals surface area contributed by atoms with E-state index >= 15 is 0 Å². The molecular weight excluding hydrogens is 212 g/mol. The maximum Gasteiger partial charge on any atom is 0.135 e. The van der Waals surface area contributed by atoms with Crippen LogP contribution < -0.4 is 0 Å². The Morgan fingerprint density at radius 1 is 1.35 bits per heavy atom. The molecule has 0 bridgehead atoms. The van der Waals surface area contributed by atoms with Crippen LogP contribution in [-0.2, 0) is 16.0 Å². The van der Waals surface area contributed by atoms with Crippen molar-refractivity contribution >= 4 is 5.78 Å². The minimum absolute atomic E-state index is 0.334. The van der Waals surface area contributed by atoms with Crippen LogP contribution in [-0.4, -0.2) is 19.0 Å². The van der Waals surface area contributed by atoms with Gasteiger partial charge in [-0.25, -0.2) is 0 Å². The van der Waals surface area contributed by atoms with Crippen LogP contribution >= 0.6 is 0 Å². The first kappa shape index (κ1) is 12.3. The number of hydrogen-bond donors (Lipinski definition) is 0. The quantitative estimate of drug-likeness (QED) is 0.675. The molecule has 1 aliphatic rings. The molecular formula is C15H20O2. The second kappa shape index (κ2) is 5.97. The summed E-state index contributed by atoms with van der Waals surface area (Å²) in [6.45, 7) is 3.42. The molecule has 0 saturated heterocycles. The zero-order valence-corrected chi connectivity index (χ0v) is 10.4. The maximum atomic E-state index is 11.7. The van der Waals surface area contributed by atoms with Crippen molar-refractivity contribution in [1.82, 2.24) is 0 Å². The minimum atomic E-state index is 0.334. The molecule has 1 aliphatic carbocycles. The number of Topliss-reactive ketones (excluding diaryl/α,β-unsaturated/α-hetero) is 1. The summed E-state index contributed by atoms with van der Waals surface area (Å²) in [6, 6.07) is 8.42. The monoisotopic (exact) mass is 232 g/mol. The Hall–Kier alpha value is -1.15. The van der Waals surface area contributed by atoms with E-state index in [0.29, 0.717) is 31.1 Å². The fourth-order valence-electron chi connectivity index (χ4n) is 2.35. The molecule has 92 valence electrons. The van der Waals surface area contributed by atoms with Crippen LogP contribution in [0.4, 0.5) is 0 Å². The summed E-state index contributed by atoms with van der Waals surface area (Å²) in [5.74, 6) is 0.797. The molecule has 0 heterocycles. The van der Waals surface area contributed by atoms with E-state index in [1.165, 1.54) is 11.1 Å². The Balaban J connectivity index is 1.71. The van der Waals surface area contributed by atoms with Crippen LogP contribution in [0.3, 0.4) is 0 Å². The first-order valence-electron chi connectivity index (χ1n) is 6.48. The van der Waals surface area contributed by atoms with Gasteiger partial charge in [-0.05, 0) is 29.9 Å². The number of ether oxygens (including phenoxy) is 1. The molecule has 0 spiro atoms. The van der Waals surface area contributed by atoms with Crippen molar-refractivity contribution < 1.29 is 9.53 Å². The average Bonchev–Trinajstić information content (AvgIpc) is 2.32. The van der Waals surface area contributed by atoms with Crippen molar-refractivity contribution in [2.24, 2.45) is 0 Å². The number of ketones is 1. The van der Waals surface area contributed by atoms with E-state index in [0.717, 1.165) is 19.4 Å². The normalized spacial score (nSPS) is 17.4. The third-order valence-electron chi connectivity index (χ3n) is 3.31. The Bertz CT molecular complexity index is 384. The third kappa shape index (κ3) is 3.16. The summed E-state index contributed by atoms with van der Waals surface area (Å²) in [5.41, 5.74) is 2.78. The molecule has 1 unspecified atom stereocenters. The van der Waals surface area contributed by atoms with E-state index in [9.17, 15) is 4.79 Å². The van der Waals surface area contributed by atoms with Crippen molar-refractivity contribution in [3.8, 4) is 0 Å². The lowest BCUT2D eigenvalue weighted by atomic mass is 9.75. The Morgan fingerprint density at radius 3 is 2.94 bits per heavy atom. The number of benzene rings is 1. The van der Waals surface area contributed by atoms with Crippen LogP contribution in [0, 0.1) is 0 Å². The molecule has 0 aromatic heterocycles. The summed E-state index contributed by atoms with van der Waals surface area (Å²) < 4.78 is 5.34. The molecule has 0 aliphatic heterocycles. The van der Waals surface area contributed by atoms with E-state index < -0.39 is 0 Å². The first-order chi connectivity index (χ1) is 8.31. The summed E-state index contributed by atoms with van der Waals surface area (Å²) >= 11 is 0. The van der Waals surface area contributed by atoms with Crippen LogP contribution in [0.1, 0.15) is 43.2 Å². The Labute approximate surface area is 103 Å². The van der Waals surface area contributed by atoms with E-state index in [1.807, 2.05) is 0 Å². The lowest BCUT2D eigenvalue weighted by molar-refractivity contribution is -0.120. The number of fused-ring (bicyclic) bond motifs is 1. The average molecular weight is 232 g/mol.